The highest BCUT2D eigenvalue weighted by Crippen LogP contribution is 2.39. The summed E-state index contributed by atoms with van der Waals surface area (Å²) in [6, 6.07) is 10.2. The van der Waals surface area contributed by atoms with Gasteiger partial charge >= 0.3 is 0 Å². The molecule has 176 valence electrons. The van der Waals surface area contributed by atoms with Gasteiger partial charge in [0.05, 0.1) is 20.8 Å². The van der Waals surface area contributed by atoms with E-state index in [4.69, 9.17) is 14.2 Å². The third-order valence-corrected chi connectivity index (χ3v) is 6.11. The molecule has 0 bridgehead atoms. The van der Waals surface area contributed by atoms with Crippen molar-refractivity contribution in [3.63, 3.8) is 0 Å². The molecule has 0 aromatic heterocycles. The molecule has 0 radical (unpaired) electrons. The molecule has 1 aliphatic carbocycles. The molecule has 0 spiro atoms. The average Bonchev–Trinajstić information content (AvgIpc) is 2.84. The fraction of sp³-hybridized carbons (Fsp3) is 0.333. The van der Waals surface area contributed by atoms with E-state index in [9.17, 15) is 13.2 Å². The molecule has 0 heterocycles. The first-order valence-electron chi connectivity index (χ1n) is 10.9. The number of allylic oxidation sites excluding steroid dienone is 2. The summed E-state index contributed by atoms with van der Waals surface area (Å²) in [7, 11) is 2.95. The Kier molecular flexibility index (Phi) is 8.26. The standard InChI is InChI=1S/C27H29F3O3/c1-17(31-3)15-25(28)18(2)33-16-19-5-7-20(8-6-19)23-13-14-24(27(30)26(23)29)21-9-11-22(32-4)12-10-21/h9-15,19-20H,1-2,5-8,16H2,3-4H3/b25-15+. The van der Waals surface area contributed by atoms with Crippen LogP contribution in [0.5, 0.6) is 5.75 Å². The van der Waals surface area contributed by atoms with Crippen LogP contribution < -0.4 is 4.74 Å². The number of hydrogen-bond acceptors (Lipinski definition) is 3. The summed E-state index contributed by atoms with van der Waals surface area (Å²) >= 11 is 0. The predicted molar refractivity (Wildman–Crippen MR) is 123 cm³/mol. The lowest BCUT2D eigenvalue weighted by Gasteiger charge is -2.29. The maximum absolute atomic E-state index is 14.9. The third kappa shape index (κ3) is 6.01. The molecule has 0 atom stereocenters. The van der Waals surface area contributed by atoms with Crippen molar-refractivity contribution >= 4 is 0 Å². The van der Waals surface area contributed by atoms with E-state index in [1.807, 2.05) is 0 Å². The SMILES string of the molecule is C=C(/C=C(/F)C(=C)OCC1CCC(c2ccc(-c3ccc(OC)cc3)c(F)c2F)CC1)OC. The first-order valence-corrected chi connectivity index (χ1v) is 10.9. The maximum atomic E-state index is 14.9. The van der Waals surface area contributed by atoms with Crippen LogP contribution in [0.4, 0.5) is 13.2 Å². The molecule has 1 saturated carbocycles. The van der Waals surface area contributed by atoms with E-state index in [0.29, 0.717) is 36.3 Å². The van der Waals surface area contributed by atoms with E-state index in [1.165, 1.54) is 7.11 Å². The quantitative estimate of drug-likeness (QED) is 0.288. The predicted octanol–water partition coefficient (Wildman–Crippen LogP) is 7.46. The number of halogens is 3. The highest BCUT2D eigenvalue weighted by atomic mass is 19.2. The molecule has 0 unspecified atom stereocenters. The van der Waals surface area contributed by atoms with Crippen LogP contribution in [-0.4, -0.2) is 20.8 Å². The Labute approximate surface area is 193 Å². The molecular formula is C27H29F3O3. The molecule has 3 nitrogen and oxygen atoms in total. The Morgan fingerprint density at radius 2 is 1.64 bits per heavy atom. The van der Waals surface area contributed by atoms with Crippen LogP contribution in [-0.2, 0) is 9.47 Å². The molecule has 0 N–H and O–H groups in total. The summed E-state index contributed by atoms with van der Waals surface area (Å²) < 4.78 is 59.2. The van der Waals surface area contributed by atoms with Crippen LogP contribution in [0.3, 0.4) is 0 Å². The fourth-order valence-electron chi connectivity index (χ4n) is 4.08. The van der Waals surface area contributed by atoms with Gasteiger partial charge in [0.15, 0.2) is 17.5 Å². The first-order chi connectivity index (χ1) is 15.8. The van der Waals surface area contributed by atoms with Crippen LogP contribution in [0.15, 0.2) is 73.0 Å². The van der Waals surface area contributed by atoms with Crippen LogP contribution in [0.25, 0.3) is 11.1 Å². The van der Waals surface area contributed by atoms with Crippen molar-refractivity contribution in [2.45, 2.75) is 31.6 Å². The minimum absolute atomic E-state index is 0.0643. The van der Waals surface area contributed by atoms with Crippen molar-refractivity contribution in [3.8, 4) is 16.9 Å². The van der Waals surface area contributed by atoms with Gasteiger partial charge in [-0.1, -0.05) is 37.4 Å². The third-order valence-electron chi connectivity index (χ3n) is 6.11. The van der Waals surface area contributed by atoms with Crippen molar-refractivity contribution in [1.29, 1.82) is 0 Å². The van der Waals surface area contributed by atoms with E-state index in [0.717, 1.165) is 18.9 Å². The molecule has 0 saturated heterocycles. The monoisotopic (exact) mass is 458 g/mol. The summed E-state index contributed by atoms with van der Waals surface area (Å²) in [4.78, 5) is 0. The van der Waals surface area contributed by atoms with Crippen molar-refractivity contribution in [2.75, 3.05) is 20.8 Å². The molecule has 2 aromatic carbocycles. The zero-order valence-corrected chi connectivity index (χ0v) is 19.0. The van der Waals surface area contributed by atoms with Gasteiger partial charge in [-0.25, -0.2) is 13.2 Å². The lowest BCUT2D eigenvalue weighted by atomic mass is 9.78. The largest absolute Gasteiger partial charge is 0.497 e. The van der Waals surface area contributed by atoms with E-state index in [-0.39, 0.29) is 28.9 Å². The van der Waals surface area contributed by atoms with Gasteiger partial charge in [0.2, 0.25) is 0 Å². The Bertz CT molecular complexity index is 1020. The Morgan fingerprint density at radius 1 is 0.970 bits per heavy atom. The van der Waals surface area contributed by atoms with Crippen LogP contribution >= 0.6 is 0 Å². The lowest BCUT2D eigenvalue weighted by Crippen LogP contribution is -2.19. The summed E-state index contributed by atoms with van der Waals surface area (Å²) in [6.45, 7) is 7.44. The normalized spacial score (nSPS) is 18.5. The number of rotatable bonds is 9. The summed E-state index contributed by atoms with van der Waals surface area (Å²) in [6.07, 6.45) is 4.08. The number of ether oxygens (including phenoxy) is 3. The van der Waals surface area contributed by atoms with Gasteiger partial charge in [-0.2, -0.15) is 0 Å². The molecular weight excluding hydrogens is 429 g/mol. The molecule has 33 heavy (non-hydrogen) atoms. The average molecular weight is 459 g/mol. The van der Waals surface area contributed by atoms with Gasteiger partial charge < -0.3 is 14.2 Å². The summed E-state index contributed by atoms with van der Waals surface area (Å²) in [5.41, 5.74) is 1.22. The second-order valence-corrected chi connectivity index (χ2v) is 8.17. The van der Waals surface area contributed by atoms with Crippen molar-refractivity contribution in [2.24, 2.45) is 5.92 Å². The molecule has 3 rings (SSSR count). The number of hydrogen-bond donors (Lipinski definition) is 0. The minimum Gasteiger partial charge on any atom is -0.497 e. The smallest absolute Gasteiger partial charge is 0.168 e. The van der Waals surface area contributed by atoms with E-state index >= 15 is 0 Å². The summed E-state index contributed by atoms with van der Waals surface area (Å²) in [5.74, 6) is -1.37. The first kappa shape index (κ1) is 24.5. The van der Waals surface area contributed by atoms with Gasteiger partial charge in [0, 0.05) is 11.6 Å². The van der Waals surface area contributed by atoms with Gasteiger partial charge in [-0.3, -0.25) is 0 Å². The lowest BCUT2D eigenvalue weighted by molar-refractivity contribution is 0.136. The van der Waals surface area contributed by atoms with Crippen molar-refractivity contribution in [3.05, 3.63) is 90.2 Å². The Balaban J connectivity index is 1.59. The Hall–Kier alpha value is -3.15. The topological polar surface area (TPSA) is 27.7 Å². The molecule has 1 fully saturated rings. The molecule has 6 heteroatoms. The second kappa shape index (κ2) is 11.1. The van der Waals surface area contributed by atoms with Gasteiger partial charge in [-0.05, 0) is 60.8 Å². The fourth-order valence-corrected chi connectivity index (χ4v) is 4.08. The van der Waals surface area contributed by atoms with E-state index in [1.54, 1.807) is 43.5 Å². The Morgan fingerprint density at radius 3 is 2.24 bits per heavy atom. The van der Waals surface area contributed by atoms with Gasteiger partial charge in [0.1, 0.15) is 17.3 Å². The zero-order valence-electron chi connectivity index (χ0n) is 19.0. The van der Waals surface area contributed by atoms with E-state index < -0.39 is 17.5 Å². The highest BCUT2D eigenvalue weighted by molar-refractivity contribution is 5.65. The zero-order chi connectivity index (χ0) is 24.0. The molecule has 2 aromatic rings. The molecule has 0 aliphatic heterocycles. The van der Waals surface area contributed by atoms with Gasteiger partial charge in [-0.15, -0.1) is 0 Å². The van der Waals surface area contributed by atoms with E-state index in [2.05, 4.69) is 13.2 Å². The van der Waals surface area contributed by atoms with Crippen LogP contribution in [0, 0.1) is 17.6 Å². The molecule has 1 aliphatic rings. The number of benzene rings is 2. The van der Waals surface area contributed by atoms with Crippen LogP contribution in [0.2, 0.25) is 0 Å². The highest BCUT2D eigenvalue weighted by Gasteiger charge is 2.27. The van der Waals surface area contributed by atoms with Crippen molar-refractivity contribution < 1.29 is 27.4 Å². The minimum atomic E-state index is -0.834. The van der Waals surface area contributed by atoms with Gasteiger partial charge in [0.25, 0.3) is 0 Å². The molecule has 0 amide bonds. The van der Waals surface area contributed by atoms with Crippen LogP contribution in [0.1, 0.15) is 37.2 Å². The summed E-state index contributed by atoms with van der Waals surface area (Å²) in [5, 5.41) is 0. The number of methoxy groups -OCH3 is 2. The van der Waals surface area contributed by atoms with Crippen molar-refractivity contribution in [1.82, 2.24) is 0 Å². The maximum Gasteiger partial charge on any atom is 0.168 e. The second-order valence-electron chi connectivity index (χ2n) is 8.17.